The third-order valence-electron chi connectivity index (χ3n) is 3.67. The van der Waals surface area contributed by atoms with Crippen molar-refractivity contribution in [1.82, 2.24) is 0 Å². The van der Waals surface area contributed by atoms with Crippen molar-refractivity contribution in [2.24, 2.45) is 0 Å². The molecule has 0 saturated heterocycles. The van der Waals surface area contributed by atoms with Crippen molar-refractivity contribution in [3.63, 3.8) is 0 Å². The molecule has 0 spiro atoms. The first-order valence-corrected chi connectivity index (χ1v) is 9.83. The van der Waals surface area contributed by atoms with Gasteiger partial charge in [-0.25, -0.2) is 8.42 Å². The van der Waals surface area contributed by atoms with Crippen molar-refractivity contribution >= 4 is 27.1 Å². The number of nitrogens with one attached hydrogen (secondary N) is 2. The summed E-state index contributed by atoms with van der Waals surface area (Å²) in [6, 6.07) is 15.6. The summed E-state index contributed by atoms with van der Waals surface area (Å²) in [7, 11) is -3.25. The van der Waals surface area contributed by atoms with Crippen molar-refractivity contribution in [2.45, 2.75) is 39.5 Å². The van der Waals surface area contributed by atoms with Crippen molar-refractivity contribution in [3.8, 4) is 0 Å². The van der Waals surface area contributed by atoms with Gasteiger partial charge in [0, 0.05) is 17.1 Å². The predicted molar refractivity (Wildman–Crippen MR) is 103 cm³/mol. The van der Waals surface area contributed by atoms with Crippen LogP contribution in [-0.4, -0.2) is 14.2 Å². The SMILES string of the molecule is CCCS(=O)(=O)Nc1ccc(Nc2ccc(C(C)(C)C)cc2)cc1. The van der Waals surface area contributed by atoms with Gasteiger partial charge >= 0.3 is 0 Å². The van der Waals surface area contributed by atoms with E-state index in [1.807, 2.05) is 19.1 Å². The Morgan fingerprint density at radius 2 is 1.29 bits per heavy atom. The van der Waals surface area contributed by atoms with E-state index in [9.17, 15) is 8.42 Å². The minimum atomic E-state index is -3.25. The van der Waals surface area contributed by atoms with Gasteiger partial charge in [0.15, 0.2) is 0 Å². The first-order chi connectivity index (χ1) is 11.2. The van der Waals surface area contributed by atoms with Gasteiger partial charge in [-0.05, 0) is 53.8 Å². The summed E-state index contributed by atoms with van der Waals surface area (Å²) in [5.41, 5.74) is 3.92. The van der Waals surface area contributed by atoms with E-state index >= 15 is 0 Å². The first kappa shape index (κ1) is 18.3. The molecule has 0 aliphatic heterocycles. The lowest BCUT2D eigenvalue weighted by molar-refractivity contribution is 0.590. The summed E-state index contributed by atoms with van der Waals surface area (Å²) in [6.45, 7) is 8.41. The smallest absolute Gasteiger partial charge is 0.232 e. The summed E-state index contributed by atoms with van der Waals surface area (Å²) >= 11 is 0. The number of hydrogen-bond donors (Lipinski definition) is 2. The molecular weight excluding hydrogens is 320 g/mol. The van der Waals surface area contributed by atoms with Crippen LogP contribution in [-0.2, 0) is 15.4 Å². The van der Waals surface area contributed by atoms with Gasteiger partial charge in [-0.15, -0.1) is 0 Å². The van der Waals surface area contributed by atoms with Gasteiger partial charge in [-0.1, -0.05) is 39.8 Å². The lowest BCUT2D eigenvalue weighted by Crippen LogP contribution is -2.15. The third-order valence-corrected chi connectivity index (χ3v) is 5.16. The van der Waals surface area contributed by atoms with E-state index in [1.54, 1.807) is 12.1 Å². The number of anilines is 3. The molecule has 0 aliphatic rings. The highest BCUT2D eigenvalue weighted by molar-refractivity contribution is 7.92. The Hall–Kier alpha value is -2.01. The van der Waals surface area contributed by atoms with Crippen LogP contribution in [0.5, 0.6) is 0 Å². The monoisotopic (exact) mass is 346 g/mol. The Bertz CT molecular complexity index is 759. The Balaban J connectivity index is 2.04. The number of rotatable bonds is 6. The average Bonchev–Trinajstić information content (AvgIpc) is 2.48. The Labute approximate surface area is 145 Å². The summed E-state index contributed by atoms with van der Waals surface area (Å²) in [5, 5.41) is 3.32. The number of benzene rings is 2. The predicted octanol–water partition coefficient (Wildman–Crippen LogP) is 4.88. The summed E-state index contributed by atoms with van der Waals surface area (Å²) in [6.07, 6.45) is 0.597. The van der Waals surface area contributed by atoms with E-state index in [0.717, 1.165) is 11.4 Å². The third kappa shape index (κ3) is 5.27. The largest absolute Gasteiger partial charge is 0.356 e. The van der Waals surface area contributed by atoms with Crippen molar-refractivity contribution in [3.05, 3.63) is 54.1 Å². The first-order valence-electron chi connectivity index (χ1n) is 8.18. The van der Waals surface area contributed by atoms with Crippen LogP contribution in [0.4, 0.5) is 17.1 Å². The second-order valence-corrected chi connectivity index (χ2v) is 8.79. The fourth-order valence-electron chi connectivity index (χ4n) is 2.34. The van der Waals surface area contributed by atoms with Gasteiger partial charge in [-0.2, -0.15) is 0 Å². The van der Waals surface area contributed by atoms with Gasteiger partial charge in [0.1, 0.15) is 0 Å². The molecule has 2 aromatic carbocycles. The Kier molecular flexibility index (Phi) is 5.54. The highest BCUT2D eigenvalue weighted by Crippen LogP contribution is 2.25. The highest BCUT2D eigenvalue weighted by atomic mass is 32.2. The lowest BCUT2D eigenvalue weighted by Gasteiger charge is -2.19. The molecule has 0 bridgehead atoms. The van der Waals surface area contributed by atoms with E-state index in [4.69, 9.17) is 0 Å². The molecule has 2 aromatic rings. The molecule has 0 fully saturated rings. The number of sulfonamides is 1. The molecular formula is C19H26N2O2S. The second kappa shape index (κ2) is 7.26. The van der Waals surface area contributed by atoms with Crippen LogP contribution in [0.2, 0.25) is 0 Å². The summed E-state index contributed by atoms with van der Waals surface area (Å²) < 4.78 is 26.1. The molecule has 0 saturated carbocycles. The second-order valence-electron chi connectivity index (χ2n) is 6.95. The van der Waals surface area contributed by atoms with Gasteiger partial charge < -0.3 is 5.32 Å². The molecule has 2 rings (SSSR count). The Morgan fingerprint density at radius 3 is 1.75 bits per heavy atom. The minimum Gasteiger partial charge on any atom is -0.356 e. The standard InChI is InChI=1S/C19H26N2O2S/c1-5-14-24(22,23)21-18-12-10-17(11-13-18)20-16-8-6-15(7-9-16)19(2,3)4/h6-13,20-21H,5,14H2,1-4H3. The molecule has 0 unspecified atom stereocenters. The Morgan fingerprint density at radius 1 is 0.833 bits per heavy atom. The molecule has 0 atom stereocenters. The van der Waals surface area contributed by atoms with Crippen molar-refractivity contribution < 1.29 is 8.42 Å². The quantitative estimate of drug-likeness (QED) is 0.784. The zero-order valence-electron chi connectivity index (χ0n) is 14.8. The average molecular weight is 346 g/mol. The molecule has 0 aromatic heterocycles. The maximum atomic E-state index is 11.8. The molecule has 130 valence electrons. The maximum Gasteiger partial charge on any atom is 0.232 e. The van der Waals surface area contributed by atoms with Gasteiger partial charge in [0.05, 0.1) is 5.75 Å². The van der Waals surface area contributed by atoms with Crippen LogP contribution in [0.15, 0.2) is 48.5 Å². The normalized spacial score (nSPS) is 12.0. The van der Waals surface area contributed by atoms with E-state index in [2.05, 4.69) is 55.1 Å². The molecule has 24 heavy (non-hydrogen) atoms. The summed E-state index contributed by atoms with van der Waals surface area (Å²) in [5.74, 6) is 0.132. The zero-order chi connectivity index (χ0) is 17.8. The van der Waals surface area contributed by atoms with Crippen LogP contribution < -0.4 is 10.0 Å². The van der Waals surface area contributed by atoms with Crippen molar-refractivity contribution in [2.75, 3.05) is 15.8 Å². The molecule has 0 radical (unpaired) electrons. The van der Waals surface area contributed by atoms with E-state index < -0.39 is 10.0 Å². The molecule has 4 nitrogen and oxygen atoms in total. The lowest BCUT2D eigenvalue weighted by atomic mass is 9.87. The van der Waals surface area contributed by atoms with E-state index in [-0.39, 0.29) is 11.2 Å². The molecule has 0 aliphatic carbocycles. The van der Waals surface area contributed by atoms with Crippen LogP contribution in [0, 0.1) is 0 Å². The fraction of sp³-hybridized carbons (Fsp3) is 0.368. The van der Waals surface area contributed by atoms with Gasteiger partial charge in [0.2, 0.25) is 10.0 Å². The van der Waals surface area contributed by atoms with Crippen molar-refractivity contribution in [1.29, 1.82) is 0 Å². The van der Waals surface area contributed by atoms with Gasteiger partial charge in [-0.3, -0.25) is 4.72 Å². The fourth-order valence-corrected chi connectivity index (χ4v) is 3.48. The molecule has 0 heterocycles. The van der Waals surface area contributed by atoms with E-state index in [0.29, 0.717) is 12.1 Å². The maximum absolute atomic E-state index is 11.8. The number of hydrogen-bond acceptors (Lipinski definition) is 3. The topological polar surface area (TPSA) is 58.2 Å². The van der Waals surface area contributed by atoms with Gasteiger partial charge in [0.25, 0.3) is 0 Å². The minimum absolute atomic E-state index is 0.132. The highest BCUT2D eigenvalue weighted by Gasteiger charge is 2.13. The molecule has 2 N–H and O–H groups in total. The van der Waals surface area contributed by atoms with E-state index in [1.165, 1.54) is 5.56 Å². The van der Waals surface area contributed by atoms with Crippen LogP contribution in [0.3, 0.4) is 0 Å². The zero-order valence-corrected chi connectivity index (χ0v) is 15.6. The molecule has 5 heteroatoms. The molecule has 0 amide bonds. The van der Waals surface area contributed by atoms with Crippen LogP contribution >= 0.6 is 0 Å². The van der Waals surface area contributed by atoms with Crippen LogP contribution in [0.1, 0.15) is 39.7 Å². The van der Waals surface area contributed by atoms with Crippen LogP contribution in [0.25, 0.3) is 0 Å². The summed E-state index contributed by atoms with van der Waals surface area (Å²) in [4.78, 5) is 0.